The maximum atomic E-state index is 11.3. The highest BCUT2D eigenvalue weighted by molar-refractivity contribution is 4.96. The van der Waals surface area contributed by atoms with Crippen LogP contribution in [-0.2, 0) is 37.9 Å². The maximum absolute atomic E-state index is 11.3. The number of rotatable bonds is 24. The average molecular weight is 859 g/mol. The van der Waals surface area contributed by atoms with Crippen molar-refractivity contribution in [3.63, 3.8) is 0 Å². The van der Waals surface area contributed by atoms with Crippen molar-refractivity contribution in [3.8, 4) is 0 Å². The van der Waals surface area contributed by atoms with Crippen LogP contribution in [0, 0.1) is 0 Å². The minimum absolute atomic E-state index is 0.249. The normalized spacial score (nSPS) is 43.2. The summed E-state index contributed by atoms with van der Waals surface area (Å²) in [6.45, 7) is 4.06. The smallest absolute Gasteiger partial charge is 0.187 e. The Morgan fingerprint density at radius 2 is 0.847 bits per heavy atom. The fourth-order valence-corrected chi connectivity index (χ4v) is 7.92. The summed E-state index contributed by atoms with van der Waals surface area (Å²) in [5.74, 6) is 0. The Hall–Kier alpha value is -0.760. The van der Waals surface area contributed by atoms with Crippen LogP contribution in [0.25, 0.3) is 0 Å². The average Bonchev–Trinajstić information content (AvgIpc) is 3.22. The van der Waals surface area contributed by atoms with Gasteiger partial charge in [0, 0.05) is 6.61 Å². The van der Waals surface area contributed by atoms with Gasteiger partial charge in [-0.05, 0) is 20.3 Å². The fraction of sp³-hybridized carbons (Fsp3) is 1.00. The van der Waals surface area contributed by atoms with Gasteiger partial charge in [0.05, 0.1) is 25.4 Å². The van der Waals surface area contributed by atoms with E-state index in [1.54, 1.807) is 0 Å². The lowest BCUT2D eigenvalue weighted by Crippen LogP contribution is -2.66. The maximum Gasteiger partial charge on any atom is 0.187 e. The van der Waals surface area contributed by atoms with Gasteiger partial charge in [-0.1, -0.05) is 90.4 Å². The van der Waals surface area contributed by atoms with Crippen LogP contribution in [0.4, 0.5) is 0 Å². The van der Waals surface area contributed by atoms with Crippen molar-refractivity contribution in [3.05, 3.63) is 0 Å². The topological polar surface area (TPSA) is 296 Å². The zero-order valence-corrected chi connectivity index (χ0v) is 34.8. The molecular formula is C40H74O19. The van der Waals surface area contributed by atoms with E-state index in [9.17, 15) is 56.2 Å². The number of hydrogen-bond acceptors (Lipinski definition) is 19. The van der Waals surface area contributed by atoms with Crippen LogP contribution in [0.1, 0.15) is 111 Å². The largest absolute Gasteiger partial charge is 0.394 e. The van der Waals surface area contributed by atoms with E-state index in [-0.39, 0.29) is 6.61 Å². The lowest BCUT2D eigenvalue weighted by Gasteiger charge is -2.48. The van der Waals surface area contributed by atoms with E-state index in [4.69, 9.17) is 37.9 Å². The molecule has 4 aliphatic heterocycles. The highest BCUT2D eigenvalue weighted by Crippen LogP contribution is 2.34. The van der Waals surface area contributed by atoms with Crippen molar-refractivity contribution in [1.29, 1.82) is 0 Å². The highest BCUT2D eigenvalue weighted by Gasteiger charge is 2.54. The van der Waals surface area contributed by atoms with Gasteiger partial charge in [-0.15, -0.1) is 0 Å². The summed E-state index contributed by atoms with van der Waals surface area (Å²) in [5.41, 5.74) is 0. The first-order valence-electron chi connectivity index (χ1n) is 21.8. The Labute approximate surface area is 347 Å². The zero-order chi connectivity index (χ0) is 43.2. The van der Waals surface area contributed by atoms with Crippen LogP contribution in [0.5, 0.6) is 0 Å². The van der Waals surface area contributed by atoms with Crippen molar-refractivity contribution in [2.24, 2.45) is 0 Å². The van der Waals surface area contributed by atoms with Gasteiger partial charge in [0.1, 0.15) is 85.5 Å². The summed E-state index contributed by atoms with van der Waals surface area (Å²) in [5, 5.41) is 117. The van der Waals surface area contributed by atoms with Gasteiger partial charge in [0.25, 0.3) is 0 Å². The molecular weight excluding hydrogens is 784 g/mol. The molecule has 19 nitrogen and oxygen atoms in total. The van der Waals surface area contributed by atoms with E-state index >= 15 is 0 Å². The number of aliphatic hydroxyl groups is 11. The van der Waals surface area contributed by atoms with E-state index in [1.807, 2.05) is 0 Å². The molecule has 4 heterocycles. The first kappa shape index (κ1) is 50.9. The second-order valence-electron chi connectivity index (χ2n) is 16.6. The minimum atomic E-state index is -1.85. The van der Waals surface area contributed by atoms with Crippen LogP contribution in [0.3, 0.4) is 0 Å². The van der Waals surface area contributed by atoms with Crippen molar-refractivity contribution < 1.29 is 94.1 Å². The molecule has 0 aromatic rings. The molecule has 0 radical (unpaired) electrons. The number of hydrogen-bond donors (Lipinski definition) is 11. The molecule has 0 saturated carbocycles. The molecule has 0 spiro atoms. The molecule has 0 amide bonds. The Balaban J connectivity index is 1.26. The molecule has 4 aliphatic rings. The molecule has 0 aliphatic carbocycles. The molecule has 4 fully saturated rings. The van der Waals surface area contributed by atoms with Crippen LogP contribution >= 0.6 is 0 Å². The Morgan fingerprint density at radius 1 is 0.390 bits per heavy atom. The van der Waals surface area contributed by atoms with E-state index in [2.05, 4.69) is 6.92 Å². The zero-order valence-electron chi connectivity index (χ0n) is 34.8. The van der Waals surface area contributed by atoms with Gasteiger partial charge in [-0.2, -0.15) is 0 Å². The predicted octanol–water partition coefficient (Wildman–Crippen LogP) is -1.19. The summed E-state index contributed by atoms with van der Waals surface area (Å²) in [7, 11) is 0. The van der Waals surface area contributed by atoms with Gasteiger partial charge >= 0.3 is 0 Å². The van der Waals surface area contributed by atoms with Crippen LogP contribution in [0.2, 0.25) is 0 Å². The Bertz CT molecular complexity index is 1140. The molecule has 0 aromatic heterocycles. The second kappa shape index (κ2) is 25.5. The van der Waals surface area contributed by atoms with Gasteiger partial charge in [0.15, 0.2) is 25.2 Å². The summed E-state index contributed by atoms with van der Waals surface area (Å²) in [6, 6.07) is 0. The van der Waals surface area contributed by atoms with E-state index in [0.717, 1.165) is 19.3 Å². The van der Waals surface area contributed by atoms with E-state index in [1.165, 1.54) is 78.1 Å². The lowest BCUT2D eigenvalue weighted by molar-refractivity contribution is -0.388. The van der Waals surface area contributed by atoms with E-state index in [0.29, 0.717) is 6.42 Å². The first-order valence-corrected chi connectivity index (χ1v) is 21.8. The molecule has 11 N–H and O–H groups in total. The van der Waals surface area contributed by atoms with Crippen molar-refractivity contribution in [2.75, 3.05) is 19.8 Å². The number of ether oxygens (including phenoxy) is 8. The van der Waals surface area contributed by atoms with E-state index < -0.39 is 136 Å². The SMILES string of the molecule is CCCCCCCCCCCCCCCCOC1OC(COC2OC(C)C(O)C(OC3OC(CO)C(O)C(O)C3OC3OC(C)C(O)C(O)C3O)C2O)C(O)C(O)C1O. The van der Waals surface area contributed by atoms with Gasteiger partial charge in [-0.3, -0.25) is 0 Å². The Kier molecular flexibility index (Phi) is 22.0. The highest BCUT2D eigenvalue weighted by atomic mass is 16.8. The molecule has 348 valence electrons. The molecule has 59 heavy (non-hydrogen) atoms. The van der Waals surface area contributed by atoms with Gasteiger partial charge in [-0.25, -0.2) is 0 Å². The third-order valence-electron chi connectivity index (χ3n) is 11.9. The monoisotopic (exact) mass is 858 g/mol. The van der Waals surface area contributed by atoms with Crippen molar-refractivity contribution >= 4 is 0 Å². The second-order valence-corrected chi connectivity index (χ2v) is 16.6. The molecule has 20 atom stereocenters. The summed E-state index contributed by atoms with van der Waals surface area (Å²) >= 11 is 0. The van der Waals surface area contributed by atoms with Gasteiger partial charge in [0.2, 0.25) is 0 Å². The molecule has 19 heteroatoms. The predicted molar refractivity (Wildman–Crippen MR) is 205 cm³/mol. The van der Waals surface area contributed by atoms with Gasteiger partial charge < -0.3 is 94.1 Å². The van der Waals surface area contributed by atoms with Crippen LogP contribution < -0.4 is 0 Å². The molecule has 4 rings (SSSR count). The molecule has 0 aromatic carbocycles. The lowest BCUT2D eigenvalue weighted by atomic mass is 9.96. The minimum Gasteiger partial charge on any atom is -0.394 e. The van der Waals surface area contributed by atoms with Crippen LogP contribution in [0.15, 0.2) is 0 Å². The summed E-state index contributed by atoms with van der Waals surface area (Å²) in [6.07, 6.45) is -14.3. The number of unbranched alkanes of at least 4 members (excludes halogenated alkanes) is 13. The summed E-state index contributed by atoms with van der Waals surface area (Å²) < 4.78 is 45.8. The quantitative estimate of drug-likeness (QED) is 0.0509. The fourth-order valence-electron chi connectivity index (χ4n) is 7.92. The molecule has 20 unspecified atom stereocenters. The number of aliphatic hydroxyl groups excluding tert-OH is 11. The molecule has 4 saturated heterocycles. The standard InChI is InChI=1S/C40H74O19/c1-4-5-6-7-8-9-10-11-12-13-14-15-16-17-18-52-37-32(49)30(47)28(45)24(57-37)20-53-38-34(51)35(26(43)22(3)54-38)58-40-36(31(48)27(44)23(19-41)56-40)59-39-33(50)29(46)25(42)21(2)55-39/h21-51H,4-20H2,1-3H3. The Morgan fingerprint density at radius 3 is 1.44 bits per heavy atom. The van der Waals surface area contributed by atoms with Crippen molar-refractivity contribution in [1.82, 2.24) is 0 Å². The van der Waals surface area contributed by atoms with Crippen LogP contribution in [-0.4, -0.2) is 199 Å². The van der Waals surface area contributed by atoms with Crippen molar-refractivity contribution in [2.45, 2.75) is 233 Å². The first-order chi connectivity index (χ1) is 28.2. The summed E-state index contributed by atoms with van der Waals surface area (Å²) in [4.78, 5) is 0. The third-order valence-corrected chi connectivity index (χ3v) is 11.9. The third kappa shape index (κ3) is 14.1. The molecule has 0 bridgehead atoms.